The van der Waals surface area contributed by atoms with Crippen molar-refractivity contribution in [1.82, 2.24) is 0 Å². The molecule has 1 amide bonds. The van der Waals surface area contributed by atoms with Gasteiger partial charge in [-0.05, 0) is 38.3 Å². The van der Waals surface area contributed by atoms with Crippen LogP contribution in [0, 0.1) is 6.92 Å². The minimum Gasteiger partial charge on any atom is -0.396 e. The van der Waals surface area contributed by atoms with Gasteiger partial charge < -0.3 is 10.0 Å². The Morgan fingerprint density at radius 1 is 1.29 bits per heavy atom. The van der Waals surface area contributed by atoms with Crippen molar-refractivity contribution in [2.75, 3.05) is 18.1 Å². The van der Waals surface area contributed by atoms with E-state index in [2.05, 4.69) is 0 Å². The molecule has 94 valence electrons. The predicted octanol–water partition coefficient (Wildman–Crippen LogP) is 2.51. The smallest absolute Gasteiger partial charge is 0.226 e. The molecule has 0 atom stereocenters. The quantitative estimate of drug-likeness (QED) is 0.770. The minimum atomic E-state index is 0.134. The molecule has 1 aromatic carbocycles. The van der Waals surface area contributed by atoms with E-state index in [0.29, 0.717) is 19.4 Å². The number of aliphatic hydroxyl groups excluding tert-OH is 1. The molecule has 0 heterocycles. The molecule has 3 nitrogen and oxygen atoms in total. The fourth-order valence-corrected chi connectivity index (χ4v) is 1.87. The highest BCUT2D eigenvalue weighted by molar-refractivity contribution is 5.93. The van der Waals surface area contributed by atoms with Crippen LogP contribution in [0.3, 0.4) is 0 Å². The number of hydrogen-bond acceptors (Lipinski definition) is 2. The Balaban J connectivity index is 2.71. The fraction of sp³-hybridized carbons (Fsp3) is 0.500. The normalized spacial score (nSPS) is 10.3. The summed E-state index contributed by atoms with van der Waals surface area (Å²) < 4.78 is 0. The van der Waals surface area contributed by atoms with E-state index in [9.17, 15) is 4.79 Å². The lowest BCUT2D eigenvalue weighted by Crippen LogP contribution is -2.30. The molecule has 17 heavy (non-hydrogen) atoms. The van der Waals surface area contributed by atoms with Gasteiger partial charge in [-0.2, -0.15) is 0 Å². The summed E-state index contributed by atoms with van der Waals surface area (Å²) in [6.07, 6.45) is 1.94. The van der Waals surface area contributed by atoms with Gasteiger partial charge in [0.1, 0.15) is 0 Å². The molecule has 1 aromatic rings. The van der Waals surface area contributed by atoms with Crippen LogP contribution in [-0.2, 0) is 4.79 Å². The Bertz CT molecular complexity index is 363. The number of amides is 1. The zero-order valence-corrected chi connectivity index (χ0v) is 10.6. The monoisotopic (exact) mass is 235 g/mol. The Labute approximate surface area is 103 Å². The molecule has 0 aliphatic carbocycles. The highest BCUT2D eigenvalue weighted by atomic mass is 16.3. The molecular weight excluding hydrogens is 214 g/mol. The molecule has 0 fully saturated rings. The van der Waals surface area contributed by atoms with Crippen molar-refractivity contribution >= 4 is 11.6 Å². The summed E-state index contributed by atoms with van der Waals surface area (Å²) >= 11 is 0. The van der Waals surface area contributed by atoms with E-state index < -0.39 is 0 Å². The van der Waals surface area contributed by atoms with Gasteiger partial charge in [-0.15, -0.1) is 0 Å². The first-order valence-electron chi connectivity index (χ1n) is 6.17. The zero-order valence-electron chi connectivity index (χ0n) is 10.6. The lowest BCUT2D eigenvalue weighted by atomic mass is 10.1. The van der Waals surface area contributed by atoms with E-state index in [4.69, 9.17) is 5.11 Å². The van der Waals surface area contributed by atoms with Crippen LogP contribution in [0.1, 0.15) is 31.7 Å². The maximum atomic E-state index is 12.0. The number of para-hydroxylation sites is 1. The fourth-order valence-electron chi connectivity index (χ4n) is 1.87. The largest absolute Gasteiger partial charge is 0.396 e. The molecule has 3 heteroatoms. The molecule has 0 aromatic heterocycles. The lowest BCUT2D eigenvalue weighted by molar-refractivity contribution is -0.118. The van der Waals surface area contributed by atoms with Crippen molar-refractivity contribution < 1.29 is 9.90 Å². The molecule has 0 aliphatic heterocycles. The molecule has 0 saturated carbocycles. The van der Waals surface area contributed by atoms with Gasteiger partial charge in [0.05, 0.1) is 0 Å². The third-order valence-corrected chi connectivity index (χ3v) is 2.82. The average Bonchev–Trinajstić information content (AvgIpc) is 2.33. The SMILES string of the molecule is CCN(C(=O)CCCCO)c1ccccc1C. The highest BCUT2D eigenvalue weighted by Gasteiger charge is 2.14. The Morgan fingerprint density at radius 2 is 2.00 bits per heavy atom. The van der Waals surface area contributed by atoms with E-state index in [1.807, 2.05) is 43.0 Å². The van der Waals surface area contributed by atoms with E-state index in [1.54, 1.807) is 0 Å². The van der Waals surface area contributed by atoms with Crippen molar-refractivity contribution in [2.24, 2.45) is 0 Å². The highest BCUT2D eigenvalue weighted by Crippen LogP contribution is 2.20. The predicted molar refractivity (Wildman–Crippen MR) is 70.1 cm³/mol. The molecule has 1 rings (SSSR count). The topological polar surface area (TPSA) is 40.5 Å². The van der Waals surface area contributed by atoms with Crippen molar-refractivity contribution in [3.8, 4) is 0 Å². The number of benzene rings is 1. The third-order valence-electron chi connectivity index (χ3n) is 2.82. The summed E-state index contributed by atoms with van der Waals surface area (Å²) in [5.74, 6) is 0.134. The second-order valence-electron chi connectivity index (χ2n) is 4.11. The van der Waals surface area contributed by atoms with Gasteiger partial charge in [0, 0.05) is 25.3 Å². The van der Waals surface area contributed by atoms with Crippen molar-refractivity contribution in [3.63, 3.8) is 0 Å². The summed E-state index contributed by atoms with van der Waals surface area (Å²) in [5, 5.41) is 8.71. The molecule has 0 spiro atoms. The Kier molecular flexibility index (Phi) is 5.70. The van der Waals surface area contributed by atoms with Crippen LogP contribution in [0.25, 0.3) is 0 Å². The van der Waals surface area contributed by atoms with Gasteiger partial charge in [0.25, 0.3) is 0 Å². The van der Waals surface area contributed by atoms with Crippen LogP contribution >= 0.6 is 0 Å². The van der Waals surface area contributed by atoms with E-state index >= 15 is 0 Å². The number of carbonyl (C=O) groups is 1. The molecule has 0 saturated heterocycles. The third kappa shape index (κ3) is 3.86. The number of hydrogen-bond donors (Lipinski definition) is 1. The molecule has 0 unspecified atom stereocenters. The number of aryl methyl sites for hydroxylation is 1. The summed E-state index contributed by atoms with van der Waals surface area (Å²) in [5.41, 5.74) is 2.11. The van der Waals surface area contributed by atoms with Crippen LogP contribution in [0.15, 0.2) is 24.3 Å². The maximum absolute atomic E-state index is 12.0. The first kappa shape index (κ1) is 13.7. The van der Waals surface area contributed by atoms with Gasteiger partial charge in [-0.3, -0.25) is 4.79 Å². The minimum absolute atomic E-state index is 0.134. The summed E-state index contributed by atoms with van der Waals surface area (Å²) in [4.78, 5) is 13.9. The van der Waals surface area contributed by atoms with Crippen molar-refractivity contribution in [2.45, 2.75) is 33.1 Å². The lowest BCUT2D eigenvalue weighted by Gasteiger charge is -2.22. The molecule has 1 N–H and O–H groups in total. The second-order valence-corrected chi connectivity index (χ2v) is 4.11. The molecule has 0 aliphatic rings. The van der Waals surface area contributed by atoms with Crippen LogP contribution in [-0.4, -0.2) is 24.2 Å². The van der Waals surface area contributed by atoms with Gasteiger partial charge in [0.2, 0.25) is 5.91 Å². The van der Waals surface area contributed by atoms with Crippen molar-refractivity contribution in [3.05, 3.63) is 29.8 Å². The number of unbranched alkanes of at least 4 members (excludes halogenated alkanes) is 1. The van der Waals surface area contributed by atoms with Gasteiger partial charge in [-0.25, -0.2) is 0 Å². The van der Waals surface area contributed by atoms with Crippen LogP contribution in [0.4, 0.5) is 5.69 Å². The Hall–Kier alpha value is -1.35. The van der Waals surface area contributed by atoms with Crippen molar-refractivity contribution in [1.29, 1.82) is 0 Å². The number of nitrogens with zero attached hydrogens (tertiary/aromatic N) is 1. The first-order chi connectivity index (χ1) is 8.20. The summed E-state index contributed by atoms with van der Waals surface area (Å²) in [6, 6.07) is 7.91. The number of anilines is 1. The number of carbonyl (C=O) groups excluding carboxylic acids is 1. The van der Waals surface area contributed by atoms with Crippen LogP contribution < -0.4 is 4.90 Å². The first-order valence-corrected chi connectivity index (χ1v) is 6.17. The average molecular weight is 235 g/mol. The van der Waals surface area contributed by atoms with E-state index in [-0.39, 0.29) is 12.5 Å². The number of rotatable bonds is 6. The van der Waals surface area contributed by atoms with Gasteiger partial charge in [-0.1, -0.05) is 18.2 Å². The van der Waals surface area contributed by atoms with E-state index in [1.165, 1.54) is 0 Å². The second kappa shape index (κ2) is 7.07. The summed E-state index contributed by atoms with van der Waals surface area (Å²) in [7, 11) is 0. The van der Waals surface area contributed by atoms with Gasteiger partial charge in [0.15, 0.2) is 0 Å². The molecular formula is C14H21NO2. The molecule has 0 bridgehead atoms. The maximum Gasteiger partial charge on any atom is 0.226 e. The standard InChI is InChI=1S/C14H21NO2/c1-3-15(14(17)10-6-7-11-16)13-9-5-4-8-12(13)2/h4-5,8-9,16H,3,6-7,10-11H2,1-2H3. The summed E-state index contributed by atoms with van der Waals surface area (Å²) in [6.45, 7) is 4.84. The van der Waals surface area contributed by atoms with Crippen LogP contribution in [0.5, 0.6) is 0 Å². The molecule has 0 radical (unpaired) electrons. The van der Waals surface area contributed by atoms with Gasteiger partial charge >= 0.3 is 0 Å². The Morgan fingerprint density at radius 3 is 2.59 bits per heavy atom. The van der Waals surface area contributed by atoms with E-state index in [0.717, 1.165) is 17.7 Å². The number of aliphatic hydroxyl groups is 1. The zero-order chi connectivity index (χ0) is 12.7. The van der Waals surface area contributed by atoms with Crippen LogP contribution in [0.2, 0.25) is 0 Å².